The number of aliphatic hydroxyl groups excluding tert-OH is 1. The molecule has 4 aliphatic rings. The first-order chi connectivity index (χ1) is 23.4. The molecule has 9 heteroatoms. The SMILES string of the molecule is CCOc1ccc(N2CC=C[C@]3(CC)O[C@]45C=CCN(c6ccc7ccccc7c6)C(=O)C4N(CCCCCO)C(=O)[C@@H]5[C@@H]3C2=O)cc1. The second-order valence-corrected chi connectivity index (χ2v) is 13.1. The van der Waals surface area contributed by atoms with Crippen LogP contribution in [0, 0.1) is 11.8 Å². The Labute approximate surface area is 281 Å². The van der Waals surface area contributed by atoms with E-state index < -0.39 is 29.1 Å². The molecule has 2 fully saturated rings. The molecule has 1 unspecified atom stereocenters. The standard InChI is InChI=1S/C39H43N3O6/c1-3-38-20-10-23-40(29-16-18-31(19-17-29)47-4-2)35(44)32(38)33-36(45)42(22-8-5-9-25-43)34-37(46)41(24-11-21-39(33,34)48-38)30-15-14-27-12-6-7-13-28(27)26-30/h6-7,10-21,26,32-34,43H,3-5,8-9,22-25H2,1-2H3/t32-,33+,34?,38+,39+/m1/s1. The largest absolute Gasteiger partial charge is 0.494 e. The van der Waals surface area contributed by atoms with E-state index in [-0.39, 0.29) is 24.3 Å². The number of likely N-dealkylation sites (tertiary alicyclic amines) is 1. The highest BCUT2D eigenvalue weighted by atomic mass is 16.5. The molecule has 5 atom stereocenters. The molecule has 48 heavy (non-hydrogen) atoms. The molecular formula is C39H43N3O6. The first-order valence-electron chi connectivity index (χ1n) is 17.2. The minimum absolute atomic E-state index is 0.0633. The molecule has 2 saturated heterocycles. The lowest BCUT2D eigenvalue weighted by Gasteiger charge is -2.38. The van der Waals surface area contributed by atoms with Gasteiger partial charge in [0.15, 0.2) is 0 Å². The maximum Gasteiger partial charge on any atom is 0.253 e. The van der Waals surface area contributed by atoms with E-state index >= 15 is 0 Å². The van der Waals surface area contributed by atoms with Crippen LogP contribution >= 0.6 is 0 Å². The summed E-state index contributed by atoms with van der Waals surface area (Å²) in [7, 11) is 0. The molecule has 9 nitrogen and oxygen atoms in total. The van der Waals surface area contributed by atoms with Crippen molar-refractivity contribution >= 4 is 39.9 Å². The molecule has 0 aromatic heterocycles. The Hall–Kier alpha value is -4.47. The second kappa shape index (κ2) is 12.9. The predicted octanol–water partition coefficient (Wildman–Crippen LogP) is 5.27. The number of hydrogen-bond acceptors (Lipinski definition) is 6. The lowest BCUT2D eigenvalue weighted by molar-refractivity contribution is -0.145. The Kier molecular flexibility index (Phi) is 8.60. The van der Waals surface area contributed by atoms with Crippen LogP contribution in [0.1, 0.15) is 39.5 Å². The Morgan fingerprint density at radius 1 is 0.792 bits per heavy atom. The Bertz CT molecular complexity index is 1770. The average Bonchev–Trinajstić information content (AvgIpc) is 3.39. The number of hydrogen-bond donors (Lipinski definition) is 1. The molecule has 7 rings (SSSR count). The third-order valence-corrected chi connectivity index (χ3v) is 10.5. The van der Waals surface area contributed by atoms with E-state index in [4.69, 9.17) is 9.47 Å². The minimum atomic E-state index is -1.33. The minimum Gasteiger partial charge on any atom is -0.494 e. The van der Waals surface area contributed by atoms with Crippen molar-refractivity contribution < 1.29 is 29.0 Å². The fourth-order valence-electron chi connectivity index (χ4n) is 8.27. The van der Waals surface area contributed by atoms with Crippen LogP contribution < -0.4 is 14.5 Å². The number of nitrogens with zero attached hydrogens (tertiary/aromatic N) is 3. The quantitative estimate of drug-likeness (QED) is 0.238. The monoisotopic (exact) mass is 649 g/mol. The van der Waals surface area contributed by atoms with Crippen molar-refractivity contribution in [3.63, 3.8) is 0 Å². The first-order valence-corrected chi connectivity index (χ1v) is 17.2. The van der Waals surface area contributed by atoms with Gasteiger partial charge in [-0.2, -0.15) is 0 Å². The number of aliphatic hydroxyl groups is 1. The summed E-state index contributed by atoms with van der Waals surface area (Å²) < 4.78 is 12.8. The Morgan fingerprint density at radius 3 is 2.23 bits per heavy atom. The van der Waals surface area contributed by atoms with Gasteiger partial charge in [-0.1, -0.05) is 61.6 Å². The number of benzene rings is 3. The zero-order chi connectivity index (χ0) is 33.5. The fraction of sp³-hybridized carbons (Fsp3) is 0.410. The molecule has 0 bridgehead atoms. The maximum atomic E-state index is 14.9. The zero-order valence-corrected chi connectivity index (χ0v) is 27.6. The third kappa shape index (κ3) is 5.11. The van der Waals surface area contributed by atoms with Gasteiger partial charge in [0.25, 0.3) is 5.91 Å². The van der Waals surface area contributed by atoms with Crippen LogP contribution in [0.25, 0.3) is 10.8 Å². The summed E-state index contributed by atoms with van der Waals surface area (Å²) in [5.74, 6) is -1.67. The van der Waals surface area contributed by atoms with E-state index in [1.165, 1.54) is 0 Å². The van der Waals surface area contributed by atoms with E-state index in [2.05, 4.69) is 0 Å². The van der Waals surface area contributed by atoms with Crippen LogP contribution in [0.3, 0.4) is 0 Å². The smallest absolute Gasteiger partial charge is 0.253 e. The van der Waals surface area contributed by atoms with Gasteiger partial charge in [-0.25, -0.2) is 0 Å². The highest BCUT2D eigenvalue weighted by Gasteiger charge is 2.75. The predicted molar refractivity (Wildman–Crippen MR) is 185 cm³/mol. The van der Waals surface area contributed by atoms with Crippen molar-refractivity contribution in [3.8, 4) is 5.75 Å². The van der Waals surface area contributed by atoms with Crippen LogP contribution in [-0.4, -0.2) is 77.8 Å². The molecule has 1 N–H and O–H groups in total. The summed E-state index contributed by atoms with van der Waals surface area (Å²) in [5, 5.41) is 11.5. The van der Waals surface area contributed by atoms with Gasteiger partial charge in [-0.05, 0) is 79.8 Å². The van der Waals surface area contributed by atoms with Crippen LogP contribution in [-0.2, 0) is 19.1 Å². The van der Waals surface area contributed by atoms with Gasteiger partial charge in [0.05, 0.1) is 24.0 Å². The maximum absolute atomic E-state index is 14.9. The zero-order valence-electron chi connectivity index (χ0n) is 27.6. The number of anilines is 2. The average molecular weight is 650 g/mol. The third-order valence-electron chi connectivity index (χ3n) is 10.5. The normalized spacial score (nSPS) is 28.0. The summed E-state index contributed by atoms with van der Waals surface area (Å²) >= 11 is 0. The fourth-order valence-corrected chi connectivity index (χ4v) is 8.27. The van der Waals surface area contributed by atoms with Gasteiger partial charge < -0.3 is 29.3 Å². The molecule has 4 aliphatic heterocycles. The molecule has 3 aromatic carbocycles. The van der Waals surface area contributed by atoms with Gasteiger partial charge in [-0.3, -0.25) is 14.4 Å². The molecule has 1 spiro atoms. The number of rotatable bonds is 10. The summed E-state index contributed by atoms with van der Waals surface area (Å²) in [5.41, 5.74) is -0.953. The van der Waals surface area contributed by atoms with Crippen LogP contribution in [0.15, 0.2) is 91.0 Å². The number of carbonyl (C=O) groups excluding carboxylic acids is 3. The van der Waals surface area contributed by atoms with Crippen molar-refractivity contribution in [2.24, 2.45) is 11.8 Å². The molecule has 0 saturated carbocycles. The number of unbranched alkanes of at least 4 members (excludes halogenated alkanes) is 2. The lowest BCUT2D eigenvalue weighted by atomic mass is 9.73. The highest BCUT2D eigenvalue weighted by Crippen LogP contribution is 2.59. The number of carbonyl (C=O) groups is 3. The van der Waals surface area contributed by atoms with E-state index in [1.807, 2.05) is 105 Å². The van der Waals surface area contributed by atoms with Gasteiger partial charge in [0.2, 0.25) is 11.8 Å². The van der Waals surface area contributed by atoms with Crippen molar-refractivity contribution in [1.82, 2.24) is 4.90 Å². The van der Waals surface area contributed by atoms with Crippen molar-refractivity contribution in [1.29, 1.82) is 0 Å². The Morgan fingerprint density at radius 2 is 1.50 bits per heavy atom. The highest BCUT2D eigenvalue weighted by molar-refractivity contribution is 6.08. The van der Waals surface area contributed by atoms with Gasteiger partial charge in [-0.15, -0.1) is 0 Å². The van der Waals surface area contributed by atoms with E-state index in [9.17, 15) is 19.5 Å². The van der Waals surface area contributed by atoms with Crippen molar-refractivity contribution in [2.45, 2.75) is 56.8 Å². The number of amides is 3. The number of fused-ring (bicyclic) bond motifs is 3. The van der Waals surface area contributed by atoms with Gasteiger partial charge in [0, 0.05) is 37.6 Å². The summed E-state index contributed by atoms with van der Waals surface area (Å²) in [6, 6.07) is 20.4. The van der Waals surface area contributed by atoms with Gasteiger partial charge >= 0.3 is 0 Å². The van der Waals surface area contributed by atoms with Crippen LogP contribution in [0.4, 0.5) is 11.4 Å². The number of ether oxygens (including phenoxy) is 2. The molecule has 0 radical (unpaired) electrons. The van der Waals surface area contributed by atoms with Gasteiger partial charge in [0.1, 0.15) is 17.4 Å². The topological polar surface area (TPSA) is 99.6 Å². The van der Waals surface area contributed by atoms with E-state index in [0.717, 1.165) is 16.5 Å². The van der Waals surface area contributed by atoms with E-state index in [0.29, 0.717) is 63.4 Å². The molecule has 250 valence electrons. The Balaban J connectivity index is 1.30. The summed E-state index contributed by atoms with van der Waals surface area (Å²) in [6.07, 6.45) is 10.1. The second-order valence-electron chi connectivity index (χ2n) is 13.1. The summed E-state index contributed by atoms with van der Waals surface area (Å²) in [4.78, 5) is 49.6. The van der Waals surface area contributed by atoms with Crippen molar-refractivity contribution in [2.75, 3.05) is 42.6 Å². The van der Waals surface area contributed by atoms with Crippen LogP contribution in [0.2, 0.25) is 0 Å². The molecule has 4 heterocycles. The molecular weight excluding hydrogens is 606 g/mol. The molecule has 3 amide bonds. The van der Waals surface area contributed by atoms with E-state index in [1.54, 1.807) is 14.7 Å². The van der Waals surface area contributed by atoms with Crippen LogP contribution in [0.5, 0.6) is 5.75 Å². The summed E-state index contributed by atoms with van der Waals surface area (Å²) in [6.45, 7) is 5.47. The molecule has 3 aromatic rings. The lowest BCUT2D eigenvalue weighted by Crippen LogP contribution is -2.56. The van der Waals surface area contributed by atoms with Crippen molar-refractivity contribution in [3.05, 3.63) is 91.0 Å². The molecule has 0 aliphatic carbocycles. The first kappa shape index (κ1) is 32.1.